The summed E-state index contributed by atoms with van der Waals surface area (Å²) in [6, 6.07) is 0. The number of esters is 1. The second kappa shape index (κ2) is 6.61. The molecule has 0 aliphatic heterocycles. The monoisotopic (exact) mass is 224 g/mol. The Labute approximate surface area is 74.9 Å². The summed E-state index contributed by atoms with van der Waals surface area (Å²) < 4.78 is 4.34. The van der Waals surface area contributed by atoms with Crippen molar-refractivity contribution >= 4 is 21.9 Å². The Morgan fingerprint density at radius 1 is 1.64 bits per heavy atom. The minimum Gasteiger partial charge on any atom is -0.467 e. The molecule has 0 unspecified atom stereocenters. The van der Waals surface area contributed by atoms with Crippen molar-refractivity contribution in [3.05, 3.63) is 0 Å². The predicted octanol–water partition coefficient (Wildman–Crippen LogP) is 1.09. The van der Waals surface area contributed by atoms with Gasteiger partial charge in [-0.3, -0.25) is 0 Å². The van der Waals surface area contributed by atoms with Crippen molar-refractivity contribution in [1.29, 1.82) is 0 Å². The number of carbonyl (C=O) groups excluding carboxylic acids is 1. The zero-order valence-corrected chi connectivity index (χ0v) is 8.13. The summed E-state index contributed by atoms with van der Waals surface area (Å²) in [5, 5.41) is 9.96. The van der Waals surface area contributed by atoms with E-state index in [9.17, 15) is 4.79 Å². The number of carbonyl (C=O) groups is 1. The molecule has 4 heteroatoms. The van der Waals surface area contributed by atoms with Gasteiger partial charge in [-0.1, -0.05) is 15.9 Å². The Balaban J connectivity index is 3.36. The number of rotatable bonds is 5. The van der Waals surface area contributed by atoms with Crippen molar-refractivity contribution in [3.63, 3.8) is 0 Å². The van der Waals surface area contributed by atoms with Gasteiger partial charge in [0.2, 0.25) is 0 Å². The van der Waals surface area contributed by atoms with Gasteiger partial charge in [0.25, 0.3) is 0 Å². The number of hydrogen-bond donors (Lipinski definition) is 1. The van der Waals surface area contributed by atoms with Crippen LogP contribution in [-0.2, 0) is 9.53 Å². The van der Waals surface area contributed by atoms with Gasteiger partial charge in [0, 0.05) is 5.33 Å². The largest absolute Gasteiger partial charge is 0.467 e. The summed E-state index contributed by atoms with van der Waals surface area (Å²) in [6.07, 6.45) is 1.34. The maximum absolute atomic E-state index is 10.6. The molecule has 0 aromatic rings. The first-order valence-corrected chi connectivity index (χ1v) is 4.66. The number of alkyl halides is 1. The van der Waals surface area contributed by atoms with Gasteiger partial charge in [0.15, 0.2) is 6.10 Å². The molecule has 0 aromatic carbocycles. The molecule has 0 spiro atoms. The lowest BCUT2D eigenvalue weighted by Gasteiger charge is -2.06. The topological polar surface area (TPSA) is 46.5 Å². The fourth-order valence-corrected chi connectivity index (χ4v) is 1.08. The maximum atomic E-state index is 10.6. The Bertz CT molecular complexity index is 116. The Kier molecular flexibility index (Phi) is 6.56. The Hall–Kier alpha value is -0.0900. The van der Waals surface area contributed by atoms with Crippen molar-refractivity contribution in [2.45, 2.75) is 25.4 Å². The zero-order valence-electron chi connectivity index (χ0n) is 6.55. The fourth-order valence-electron chi connectivity index (χ4n) is 0.686. The number of unbranched alkanes of at least 4 members (excludes halogenated alkanes) is 1. The van der Waals surface area contributed by atoms with E-state index in [1.165, 1.54) is 7.11 Å². The number of halogens is 1. The molecule has 1 N–H and O–H groups in total. The Morgan fingerprint density at radius 2 is 2.27 bits per heavy atom. The van der Waals surface area contributed by atoms with Gasteiger partial charge in [0.05, 0.1) is 7.11 Å². The highest BCUT2D eigenvalue weighted by Crippen LogP contribution is 2.03. The fraction of sp³-hybridized carbons (Fsp3) is 0.857. The molecule has 0 radical (unpaired) electrons. The average molecular weight is 225 g/mol. The highest BCUT2D eigenvalue weighted by atomic mass is 79.9. The lowest BCUT2D eigenvalue weighted by Crippen LogP contribution is -2.21. The summed E-state index contributed by atoms with van der Waals surface area (Å²) in [6.45, 7) is 0. The SMILES string of the molecule is COC(=O)[C@@H](O)CCCCBr. The van der Waals surface area contributed by atoms with Gasteiger partial charge in [-0.25, -0.2) is 4.79 Å². The standard InChI is InChI=1S/C7H13BrO3/c1-11-7(10)6(9)4-2-3-5-8/h6,9H,2-5H2,1H3/t6-/m0/s1. The van der Waals surface area contributed by atoms with Crippen molar-refractivity contribution in [2.75, 3.05) is 12.4 Å². The molecule has 1 atom stereocenters. The van der Waals surface area contributed by atoms with E-state index >= 15 is 0 Å². The molecule has 0 saturated heterocycles. The molecule has 66 valence electrons. The summed E-state index contributed by atoms with van der Waals surface area (Å²) in [4.78, 5) is 10.6. The summed E-state index contributed by atoms with van der Waals surface area (Å²) in [7, 11) is 1.27. The van der Waals surface area contributed by atoms with Gasteiger partial charge >= 0.3 is 5.97 Å². The lowest BCUT2D eigenvalue weighted by atomic mass is 10.2. The predicted molar refractivity (Wildman–Crippen MR) is 45.7 cm³/mol. The third-order valence-electron chi connectivity index (χ3n) is 1.33. The van der Waals surface area contributed by atoms with Crippen LogP contribution in [0.5, 0.6) is 0 Å². The van der Waals surface area contributed by atoms with Crippen LogP contribution in [0.25, 0.3) is 0 Å². The van der Waals surface area contributed by atoms with Crippen LogP contribution in [0.3, 0.4) is 0 Å². The molecule has 0 bridgehead atoms. The molecule has 0 heterocycles. The first-order valence-electron chi connectivity index (χ1n) is 3.54. The van der Waals surface area contributed by atoms with Crippen molar-refractivity contribution in [1.82, 2.24) is 0 Å². The van der Waals surface area contributed by atoms with Crippen LogP contribution in [0, 0.1) is 0 Å². The highest BCUT2D eigenvalue weighted by Gasteiger charge is 2.13. The molecular weight excluding hydrogens is 212 g/mol. The second-order valence-corrected chi connectivity index (χ2v) is 3.02. The molecule has 11 heavy (non-hydrogen) atoms. The number of aliphatic hydroxyl groups is 1. The van der Waals surface area contributed by atoms with Gasteiger partial charge in [-0.15, -0.1) is 0 Å². The van der Waals surface area contributed by atoms with E-state index in [1.54, 1.807) is 0 Å². The van der Waals surface area contributed by atoms with Crippen LogP contribution in [-0.4, -0.2) is 29.6 Å². The third-order valence-corrected chi connectivity index (χ3v) is 1.90. The summed E-state index contributed by atoms with van der Waals surface area (Å²) in [5.74, 6) is -0.542. The molecular formula is C7H13BrO3. The number of methoxy groups -OCH3 is 1. The van der Waals surface area contributed by atoms with E-state index in [0.717, 1.165) is 18.2 Å². The van der Waals surface area contributed by atoms with Crippen LogP contribution in [0.4, 0.5) is 0 Å². The van der Waals surface area contributed by atoms with Crippen molar-refractivity contribution in [3.8, 4) is 0 Å². The molecule has 0 rings (SSSR count). The normalized spacial score (nSPS) is 12.6. The smallest absolute Gasteiger partial charge is 0.334 e. The second-order valence-electron chi connectivity index (χ2n) is 2.22. The highest BCUT2D eigenvalue weighted by molar-refractivity contribution is 9.09. The number of ether oxygens (including phenoxy) is 1. The molecule has 3 nitrogen and oxygen atoms in total. The molecule has 0 aliphatic rings. The first-order chi connectivity index (χ1) is 5.22. The number of aliphatic hydroxyl groups excluding tert-OH is 1. The van der Waals surface area contributed by atoms with Crippen LogP contribution in [0.2, 0.25) is 0 Å². The van der Waals surface area contributed by atoms with Gasteiger partial charge < -0.3 is 9.84 Å². The van der Waals surface area contributed by atoms with E-state index in [4.69, 9.17) is 5.11 Å². The third kappa shape index (κ3) is 5.21. The van der Waals surface area contributed by atoms with E-state index in [2.05, 4.69) is 20.7 Å². The quantitative estimate of drug-likeness (QED) is 0.432. The van der Waals surface area contributed by atoms with E-state index in [-0.39, 0.29) is 0 Å². The maximum Gasteiger partial charge on any atom is 0.334 e. The van der Waals surface area contributed by atoms with Crippen LogP contribution in [0.15, 0.2) is 0 Å². The van der Waals surface area contributed by atoms with Crippen LogP contribution < -0.4 is 0 Å². The van der Waals surface area contributed by atoms with E-state index < -0.39 is 12.1 Å². The molecule has 0 fully saturated rings. The molecule has 0 aliphatic carbocycles. The van der Waals surface area contributed by atoms with Gasteiger partial charge in [-0.05, 0) is 19.3 Å². The van der Waals surface area contributed by atoms with E-state index in [0.29, 0.717) is 6.42 Å². The van der Waals surface area contributed by atoms with Gasteiger partial charge in [0.1, 0.15) is 0 Å². The first kappa shape index (κ1) is 10.9. The Morgan fingerprint density at radius 3 is 2.73 bits per heavy atom. The molecule has 0 saturated carbocycles. The van der Waals surface area contributed by atoms with Crippen LogP contribution in [0.1, 0.15) is 19.3 Å². The van der Waals surface area contributed by atoms with Crippen LogP contribution >= 0.6 is 15.9 Å². The molecule has 0 amide bonds. The van der Waals surface area contributed by atoms with Crippen molar-refractivity contribution in [2.24, 2.45) is 0 Å². The van der Waals surface area contributed by atoms with Gasteiger partial charge in [-0.2, -0.15) is 0 Å². The zero-order chi connectivity index (χ0) is 8.69. The van der Waals surface area contributed by atoms with E-state index in [1.807, 2.05) is 0 Å². The lowest BCUT2D eigenvalue weighted by molar-refractivity contribution is -0.150. The van der Waals surface area contributed by atoms with Crippen molar-refractivity contribution < 1.29 is 14.6 Å². The molecule has 0 aromatic heterocycles. The average Bonchev–Trinajstić information content (AvgIpc) is 2.03. The number of hydrogen-bond acceptors (Lipinski definition) is 3. The summed E-state index contributed by atoms with van der Waals surface area (Å²) >= 11 is 3.26. The summed E-state index contributed by atoms with van der Waals surface area (Å²) in [5.41, 5.74) is 0. The minimum absolute atomic E-state index is 0.484. The minimum atomic E-state index is -0.945.